The minimum atomic E-state index is -6.08. The Morgan fingerprint density at radius 3 is 1.53 bits per heavy atom. The van der Waals surface area contributed by atoms with Gasteiger partial charge < -0.3 is 23.7 Å². The summed E-state index contributed by atoms with van der Waals surface area (Å²) in [4.78, 5) is 37.6. The van der Waals surface area contributed by atoms with E-state index >= 15 is 0 Å². The fraction of sp³-hybridized carbons (Fsp3) is 0.903. The molecule has 8 aliphatic rings. The van der Waals surface area contributed by atoms with Gasteiger partial charge in [0.05, 0.1) is 6.61 Å². The highest BCUT2D eigenvalue weighted by Crippen LogP contribution is 2.60. The molecule has 0 radical (unpaired) electrons. The lowest BCUT2D eigenvalue weighted by atomic mass is 9.50. The van der Waals surface area contributed by atoms with Crippen molar-refractivity contribution >= 4 is 28.0 Å². The van der Waals surface area contributed by atoms with Crippen molar-refractivity contribution in [2.75, 3.05) is 26.4 Å². The molecule has 0 aliphatic heterocycles. The molecule has 8 saturated carbocycles. The lowest BCUT2D eigenvalue weighted by Crippen LogP contribution is -2.58. The van der Waals surface area contributed by atoms with E-state index in [1.165, 1.54) is 12.8 Å². The van der Waals surface area contributed by atoms with Crippen LogP contribution in [0, 0.1) is 47.3 Å². The number of esters is 3. The zero-order valence-corrected chi connectivity index (χ0v) is 26.6. The van der Waals surface area contributed by atoms with Crippen LogP contribution in [0.5, 0.6) is 0 Å². The van der Waals surface area contributed by atoms with Gasteiger partial charge in [-0.05, 0) is 125 Å². The Labute approximate surface area is 262 Å². The Morgan fingerprint density at radius 1 is 0.733 bits per heavy atom. The van der Waals surface area contributed by atoms with Gasteiger partial charge in [-0.25, -0.2) is 14.4 Å². The maximum Gasteiger partial charge on any atom is 0.465 e. The summed E-state index contributed by atoms with van der Waals surface area (Å²) in [6, 6.07) is 0. The second-order valence-electron chi connectivity index (χ2n) is 15.0. The molecule has 0 aromatic rings. The fourth-order valence-corrected chi connectivity index (χ4v) is 10.4. The molecule has 1 N–H and O–H groups in total. The van der Waals surface area contributed by atoms with Gasteiger partial charge in [-0.3, -0.25) is 4.55 Å². The van der Waals surface area contributed by atoms with E-state index in [2.05, 4.69) is 4.74 Å². The first kappa shape index (κ1) is 33.0. The van der Waals surface area contributed by atoms with E-state index in [-0.39, 0.29) is 11.8 Å². The van der Waals surface area contributed by atoms with Crippen molar-refractivity contribution in [3.8, 4) is 0 Å². The standard InChI is InChI=1S/C31H44F2O11S/c1-29(21-5-17-3-18(7-21)8-22(29)6-17)43-26(34)15-40-13-25(14-42-28(36)31(32,33)45(37,38)39)41-16-27(35)44-30(2)23-9-19-4-20(11-23)12-24(30)10-19/h17-25H,3-16H2,1-2H3,(H,37,38,39). The Balaban J connectivity index is 1.03. The molecule has 8 bridgehead atoms. The Hall–Kier alpha value is -1.90. The zero-order chi connectivity index (χ0) is 32.4. The lowest BCUT2D eigenvalue weighted by Gasteiger charge is -2.59. The van der Waals surface area contributed by atoms with Gasteiger partial charge in [0.25, 0.3) is 0 Å². The SMILES string of the molecule is CC1(OC(=O)COCC(COC(=O)C(F)(F)S(=O)(=O)O)OCC(=O)OC2(C)C3CC4CC(C3)CC2C4)C2CC3CC(C2)CC1C3. The van der Waals surface area contributed by atoms with Gasteiger partial charge in [-0.15, -0.1) is 0 Å². The molecule has 1 unspecified atom stereocenters. The molecule has 8 rings (SSSR count). The Bertz CT molecular complexity index is 1230. The minimum Gasteiger partial charge on any atom is -0.457 e. The number of carbonyl (C=O) groups is 3. The second kappa shape index (κ2) is 12.0. The van der Waals surface area contributed by atoms with Crippen LogP contribution < -0.4 is 0 Å². The molecule has 0 saturated heterocycles. The average molecular weight is 663 g/mol. The van der Waals surface area contributed by atoms with E-state index in [1.54, 1.807) is 0 Å². The monoisotopic (exact) mass is 662 g/mol. The number of rotatable bonds is 13. The van der Waals surface area contributed by atoms with Crippen molar-refractivity contribution < 1.29 is 59.8 Å². The first-order chi connectivity index (χ1) is 21.1. The van der Waals surface area contributed by atoms with Crippen molar-refractivity contribution in [1.29, 1.82) is 0 Å². The van der Waals surface area contributed by atoms with Crippen LogP contribution in [0.15, 0.2) is 0 Å². The minimum absolute atomic E-state index is 0.253. The van der Waals surface area contributed by atoms with Gasteiger partial charge in [-0.1, -0.05) is 0 Å². The third-order valence-electron chi connectivity index (χ3n) is 12.1. The van der Waals surface area contributed by atoms with E-state index in [0.29, 0.717) is 35.5 Å². The first-order valence-electron chi connectivity index (χ1n) is 16.2. The molecular weight excluding hydrogens is 618 g/mol. The van der Waals surface area contributed by atoms with Crippen molar-refractivity contribution in [2.45, 2.75) is 101 Å². The first-order valence-corrected chi connectivity index (χ1v) is 17.7. The molecule has 11 nitrogen and oxygen atoms in total. The largest absolute Gasteiger partial charge is 0.465 e. The van der Waals surface area contributed by atoms with Crippen molar-refractivity contribution in [3.05, 3.63) is 0 Å². The van der Waals surface area contributed by atoms with Gasteiger partial charge in [0.1, 0.15) is 37.1 Å². The maximum absolute atomic E-state index is 13.8. The molecule has 1 atom stereocenters. The van der Waals surface area contributed by atoms with E-state index in [0.717, 1.165) is 51.4 Å². The predicted octanol–water partition coefficient (Wildman–Crippen LogP) is 3.93. The summed E-state index contributed by atoms with van der Waals surface area (Å²) in [5, 5.41) is -5.21. The molecule has 0 amide bonds. The number of hydrogen-bond donors (Lipinski definition) is 1. The average Bonchev–Trinajstić information content (AvgIpc) is 2.94. The van der Waals surface area contributed by atoms with Crippen molar-refractivity contribution in [1.82, 2.24) is 0 Å². The molecule has 8 fully saturated rings. The van der Waals surface area contributed by atoms with Gasteiger partial charge in [0.2, 0.25) is 0 Å². The number of hydrogen-bond acceptors (Lipinski definition) is 10. The van der Waals surface area contributed by atoms with Gasteiger partial charge in [-0.2, -0.15) is 17.2 Å². The van der Waals surface area contributed by atoms with Crippen LogP contribution in [-0.4, -0.2) is 79.9 Å². The van der Waals surface area contributed by atoms with Crippen LogP contribution >= 0.6 is 0 Å². The van der Waals surface area contributed by atoms with Crippen LogP contribution in [0.1, 0.15) is 78.1 Å². The van der Waals surface area contributed by atoms with Crippen molar-refractivity contribution in [3.63, 3.8) is 0 Å². The summed E-state index contributed by atoms with van der Waals surface area (Å²) in [5.74, 6) is -0.0342. The molecular formula is C31H44F2O11S. The van der Waals surface area contributed by atoms with Gasteiger partial charge >= 0.3 is 33.3 Å². The van der Waals surface area contributed by atoms with Crippen molar-refractivity contribution in [2.24, 2.45) is 47.3 Å². The molecule has 0 heterocycles. The van der Waals surface area contributed by atoms with E-state index in [4.69, 9.17) is 23.5 Å². The highest BCUT2D eigenvalue weighted by molar-refractivity contribution is 7.87. The summed E-state index contributed by atoms with van der Waals surface area (Å²) < 4.78 is 85.5. The molecule has 0 spiro atoms. The van der Waals surface area contributed by atoms with Crippen LogP contribution in [0.3, 0.4) is 0 Å². The van der Waals surface area contributed by atoms with E-state index in [9.17, 15) is 31.6 Å². The number of halogens is 2. The lowest BCUT2D eigenvalue weighted by molar-refractivity contribution is -0.211. The van der Waals surface area contributed by atoms with Crippen LogP contribution in [0.2, 0.25) is 0 Å². The highest BCUT2D eigenvalue weighted by atomic mass is 32.2. The highest BCUT2D eigenvalue weighted by Gasteiger charge is 2.58. The smallest absolute Gasteiger partial charge is 0.457 e. The van der Waals surface area contributed by atoms with Crippen LogP contribution in [-0.2, 0) is 48.2 Å². The molecule has 45 heavy (non-hydrogen) atoms. The summed E-state index contributed by atoms with van der Waals surface area (Å²) in [6.07, 6.45) is 9.28. The second-order valence-corrected chi connectivity index (χ2v) is 16.4. The molecule has 14 heteroatoms. The molecule has 0 aromatic carbocycles. The maximum atomic E-state index is 13.8. The van der Waals surface area contributed by atoms with Gasteiger partial charge in [0.15, 0.2) is 0 Å². The fourth-order valence-electron chi connectivity index (χ4n) is 10.1. The molecule has 8 aliphatic carbocycles. The third-order valence-corrected chi connectivity index (χ3v) is 12.9. The predicted molar refractivity (Wildman–Crippen MR) is 151 cm³/mol. The third kappa shape index (κ3) is 6.37. The summed E-state index contributed by atoms with van der Waals surface area (Å²) >= 11 is 0. The Morgan fingerprint density at radius 2 is 1.13 bits per heavy atom. The van der Waals surface area contributed by atoms with E-state index < -0.39 is 77.0 Å². The topological polar surface area (TPSA) is 152 Å². The van der Waals surface area contributed by atoms with Crippen LogP contribution in [0.25, 0.3) is 0 Å². The quantitative estimate of drug-likeness (QED) is 0.174. The van der Waals surface area contributed by atoms with Gasteiger partial charge in [0, 0.05) is 0 Å². The normalized spacial score (nSPS) is 40.3. The summed E-state index contributed by atoms with van der Waals surface area (Å²) in [5.41, 5.74) is -1.22. The van der Waals surface area contributed by atoms with Crippen LogP contribution in [0.4, 0.5) is 8.78 Å². The zero-order valence-electron chi connectivity index (χ0n) is 25.8. The van der Waals surface area contributed by atoms with E-state index in [1.807, 2.05) is 13.8 Å². The number of alkyl halides is 2. The Kier molecular flexibility index (Phi) is 8.78. The molecule has 254 valence electrons. The summed E-state index contributed by atoms with van der Waals surface area (Å²) in [7, 11) is -6.08. The number of carbonyl (C=O) groups excluding carboxylic acids is 3. The summed E-state index contributed by atoms with van der Waals surface area (Å²) in [6.45, 7) is 1.42. The molecule has 0 aromatic heterocycles. The number of ether oxygens (including phenoxy) is 5.